The van der Waals surface area contributed by atoms with E-state index < -0.39 is 0 Å². The summed E-state index contributed by atoms with van der Waals surface area (Å²) in [4.78, 5) is 3.92. The zero-order valence-electron chi connectivity index (χ0n) is 8.97. The Morgan fingerprint density at radius 2 is 2.14 bits per heavy atom. The summed E-state index contributed by atoms with van der Waals surface area (Å²) in [6.45, 7) is 7.65. The molecule has 1 rings (SSSR count). The summed E-state index contributed by atoms with van der Waals surface area (Å²) in [6, 6.07) is 3.76. The second kappa shape index (κ2) is 4.65. The third-order valence-corrected chi connectivity index (χ3v) is 2.14. The number of anilines is 1. The lowest BCUT2D eigenvalue weighted by molar-refractivity contribution is 0.390. The fraction of sp³-hybridized carbons (Fsp3) is 0.545. The van der Waals surface area contributed by atoms with Crippen molar-refractivity contribution in [2.45, 2.75) is 27.2 Å². The molecule has 2 nitrogen and oxygen atoms in total. The normalized spacial score (nSPS) is 11.4. The van der Waals surface area contributed by atoms with Crippen molar-refractivity contribution in [3.05, 3.63) is 23.5 Å². The topological polar surface area (TPSA) is 24.9 Å². The van der Waals surface area contributed by atoms with Crippen molar-refractivity contribution in [3.63, 3.8) is 0 Å². The average Bonchev–Trinajstić information content (AvgIpc) is 2.01. The lowest BCUT2D eigenvalue weighted by Crippen LogP contribution is -2.12. The predicted octanol–water partition coefficient (Wildman–Crippen LogP) is 3.58. The van der Waals surface area contributed by atoms with Gasteiger partial charge in [-0.25, -0.2) is 4.98 Å². The van der Waals surface area contributed by atoms with E-state index >= 15 is 0 Å². The molecule has 14 heavy (non-hydrogen) atoms. The van der Waals surface area contributed by atoms with Crippen LogP contribution in [0.25, 0.3) is 0 Å². The van der Waals surface area contributed by atoms with Crippen molar-refractivity contribution in [2.75, 3.05) is 11.9 Å². The van der Waals surface area contributed by atoms with Crippen molar-refractivity contribution in [2.24, 2.45) is 5.41 Å². The van der Waals surface area contributed by atoms with Crippen molar-refractivity contribution >= 4 is 17.3 Å². The quantitative estimate of drug-likeness (QED) is 0.775. The van der Waals surface area contributed by atoms with Gasteiger partial charge in [-0.1, -0.05) is 32.4 Å². The van der Waals surface area contributed by atoms with Crippen molar-refractivity contribution in [3.8, 4) is 0 Å². The van der Waals surface area contributed by atoms with Crippen LogP contribution in [0, 0.1) is 5.41 Å². The van der Waals surface area contributed by atoms with E-state index in [0.717, 1.165) is 18.7 Å². The summed E-state index contributed by atoms with van der Waals surface area (Å²) in [7, 11) is 0. The molecule has 0 radical (unpaired) electrons. The van der Waals surface area contributed by atoms with E-state index in [0.29, 0.717) is 10.6 Å². The summed E-state index contributed by atoms with van der Waals surface area (Å²) >= 11 is 5.76. The molecular formula is C11H17ClN2. The summed E-state index contributed by atoms with van der Waals surface area (Å²) in [5.74, 6) is 0. The lowest BCUT2D eigenvalue weighted by atomic mass is 9.92. The van der Waals surface area contributed by atoms with E-state index in [1.807, 2.05) is 12.1 Å². The van der Waals surface area contributed by atoms with Gasteiger partial charge in [0.05, 0.1) is 0 Å². The molecule has 1 aromatic heterocycles. The van der Waals surface area contributed by atoms with Gasteiger partial charge in [-0.15, -0.1) is 0 Å². The highest BCUT2D eigenvalue weighted by Gasteiger charge is 2.08. The summed E-state index contributed by atoms with van der Waals surface area (Å²) < 4.78 is 0. The second-order valence-electron chi connectivity index (χ2n) is 4.60. The van der Waals surface area contributed by atoms with E-state index in [1.54, 1.807) is 6.20 Å². The van der Waals surface area contributed by atoms with Crippen LogP contribution in [0.2, 0.25) is 5.15 Å². The van der Waals surface area contributed by atoms with Crippen molar-refractivity contribution in [1.82, 2.24) is 4.98 Å². The highest BCUT2D eigenvalue weighted by molar-refractivity contribution is 6.29. The molecule has 1 N–H and O–H groups in total. The third kappa shape index (κ3) is 4.47. The van der Waals surface area contributed by atoms with Crippen molar-refractivity contribution < 1.29 is 0 Å². The molecule has 0 saturated carbocycles. The maximum atomic E-state index is 5.76. The number of aromatic nitrogens is 1. The van der Waals surface area contributed by atoms with E-state index in [1.165, 1.54) is 0 Å². The van der Waals surface area contributed by atoms with Gasteiger partial charge in [0, 0.05) is 18.4 Å². The number of hydrogen-bond acceptors (Lipinski definition) is 2. The first-order chi connectivity index (χ1) is 6.47. The Morgan fingerprint density at radius 3 is 2.71 bits per heavy atom. The molecule has 78 valence electrons. The molecule has 0 atom stereocenters. The Labute approximate surface area is 90.7 Å². The van der Waals surface area contributed by atoms with Gasteiger partial charge in [0.15, 0.2) is 0 Å². The van der Waals surface area contributed by atoms with Gasteiger partial charge in [0.1, 0.15) is 5.15 Å². The summed E-state index contributed by atoms with van der Waals surface area (Å²) in [5, 5.41) is 3.85. The number of nitrogens with one attached hydrogen (secondary N) is 1. The molecule has 0 unspecified atom stereocenters. The maximum absolute atomic E-state index is 5.76. The SMILES string of the molecule is CC(C)(C)CCNc1ccnc(Cl)c1. The minimum Gasteiger partial charge on any atom is -0.385 e. The van der Waals surface area contributed by atoms with Gasteiger partial charge >= 0.3 is 0 Å². The van der Waals surface area contributed by atoms with E-state index in [9.17, 15) is 0 Å². The number of nitrogens with zero attached hydrogens (tertiary/aromatic N) is 1. The highest BCUT2D eigenvalue weighted by Crippen LogP contribution is 2.19. The standard InChI is InChI=1S/C11H17ClN2/c1-11(2,3)5-7-13-9-4-6-14-10(12)8-9/h4,6,8H,5,7H2,1-3H3,(H,13,14). The Kier molecular flexibility index (Phi) is 3.76. The second-order valence-corrected chi connectivity index (χ2v) is 4.99. The van der Waals surface area contributed by atoms with E-state index in [4.69, 9.17) is 11.6 Å². The monoisotopic (exact) mass is 212 g/mol. The molecule has 1 aromatic rings. The molecule has 0 aromatic carbocycles. The molecule has 0 saturated heterocycles. The summed E-state index contributed by atoms with van der Waals surface area (Å²) in [6.07, 6.45) is 2.84. The maximum Gasteiger partial charge on any atom is 0.131 e. The zero-order chi connectivity index (χ0) is 10.6. The number of rotatable bonds is 3. The molecule has 0 aliphatic heterocycles. The summed E-state index contributed by atoms with van der Waals surface area (Å²) in [5.41, 5.74) is 1.40. The Morgan fingerprint density at radius 1 is 1.43 bits per heavy atom. The molecule has 0 aliphatic carbocycles. The molecule has 0 bridgehead atoms. The van der Waals surface area contributed by atoms with Crippen LogP contribution in [0.3, 0.4) is 0 Å². The largest absolute Gasteiger partial charge is 0.385 e. The number of hydrogen-bond donors (Lipinski definition) is 1. The molecular weight excluding hydrogens is 196 g/mol. The van der Waals surface area contributed by atoms with Gasteiger partial charge in [-0.2, -0.15) is 0 Å². The molecule has 0 fully saturated rings. The van der Waals surface area contributed by atoms with Crippen LogP contribution in [-0.2, 0) is 0 Å². The predicted molar refractivity (Wildman–Crippen MR) is 61.8 cm³/mol. The Balaban J connectivity index is 2.39. The minimum absolute atomic E-state index is 0.365. The molecule has 0 spiro atoms. The Hall–Kier alpha value is -0.760. The smallest absolute Gasteiger partial charge is 0.131 e. The average molecular weight is 213 g/mol. The fourth-order valence-corrected chi connectivity index (χ4v) is 1.27. The fourth-order valence-electron chi connectivity index (χ4n) is 1.09. The molecule has 1 heterocycles. The third-order valence-electron chi connectivity index (χ3n) is 1.93. The van der Waals surface area contributed by atoms with E-state index in [-0.39, 0.29) is 0 Å². The van der Waals surface area contributed by atoms with Gasteiger partial charge in [-0.05, 0) is 24.0 Å². The minimum atomic E-state index is 0.365. The highest BCUT2D eigenvalue weighted by atomic mass is 35.5. The Bertz CT molecular complexity index is 292. The first-order valence-electron chi connectivity index (χ1n) is 4.83. The lowest BCUT2D eigenvalue weighted by Gasteiger charge is -2.18. The van der Waals surface area contributed by atoms with Gasteiger partial charge in [0.25, 0.3) is 0 Å². The van der Waals surface area contributed by atoms with Crippen LogP contribution < -0.4 is 5.32 Å². The van der Waals surface area contributed by atoms with Crippen LogP contribution in [0.5, 0.6) is 0 Å². The van der Waals surface area contributed by atoms with Crippen LogP contribution in [0.1, 0.15) is 27.2 Å². The van der Waals surface area contributed by atoms with Gasteiger partial charge < -0.3 is 5.32 Å². The van der Waals surface area contributed by atoms with E-state index in [2.05, 4.69) is 31.1 Å². The van der Waals surface area contributed by atoms with Crippen LogP contribution in [0.4, 0.5) is 5.69 Å². The molecule has 0 aliphatic rings. The van der Waals surface area contributed by atoms with Crippen LogP contribution in [0.15, 0.2) is 18.3 Å². The van der Waals surface area contributed by atoms with Crippen LogP contribution >= 0.6 is 11.6 Å². The first kappa shape index (κ1) is 11.3. The van der Waals surface area contributed by atoms with Crippen molar-refractivity contribution in [1.29, 1.82) is 0 Å². The zero-order valence-corrected chi connectivity index (χ0v) is 9.73. The molecule has 0 amide bonds. The van der Waals surface area contributed by atoms with Gasteiger partial charge in [0.2, 0.25) is 0 Å². The van der Waals surface area contributed by atoms with Gasteiger partial charge in [-0.3, -0.25) is 0 Å². The molecule has 3 heteroatoms. The number of pyridine rings is 1. The first-order valence-corrected chi connectivity index (χ1v) is 5.21. The van der Waals surface area contributed by atoms with Crippen LogP contribution in [-0.4, -0.2) is 11.5 Å². The number of halogens is 1.